The number of aryl methyl sites for hydroxylation is 1. The van der Waals surface area contributed by atoms with Crippen molar-refractivity contribution in [3.63, 3.8) is 0 Å². The molecule has 1 N–H and O–H groups in total. The van der Waals surface area contributed by atoms with E-state index < -0.39 is 0 Å². The first-order chi connectivity index (χ1) is 10.2. The van der Waals surface area contributed by atoms with Gasteiger partial charge in [0.05, 0.1) is 7.11 Å². The summed E-state index contributed by atoms with van der Waals surface area (Å²) in [6, 6.07) is 12.8. The minimum Gasteiger partial charge on any atom is -0.504 e. The molecule has 1 heterocycles. The molecule has 106 valence electrons. The highest BCUT2D eigenvalue weighted by molar-refractivity contribution is 5.64. The molecular weight excluding hydrogens is 268 g/mol. The topological polar surface area (TPSA) is 68.4 Å². The molecule has 1 aromatic heterocycles. The Morgan fingerprint density at radius 2 is 1.95 bits per heavy atom. The fraction of sp³-hybridized carbons (Fsp3) is 0.125. The number of ether oxygens (including phenoxy) is 1. The molecule has 0 radical (unpaired) electrons. The summed E-state index contributed by atoms with van der Waals surface area (Å²) in [6.45, 7) is 1.99. The number of nitrogens with zero attached hydrogens (tertiary/aromatic N) is 2. The summed E-state index contributed by atoms with van der Waals surface area (Å²) in [5, 5.41) is 13.8. The van der Waals surface area contributed by atoms with E-state index in [0.717, 1.165) is 11.1 Å². The van der Waals surface area contributed by atoms with Gasteiger partial charge in [0.2, 0.25) is 5.82 Å². The maximum Gasteiger partial charge on any atom is 0.258 e. The van der Waals surface area contributed by atoms with Gasteiger partial charge in [-0.15, -0.1) is 0 Å². The summed E-state index contributed by atoms with van der Waals surface area (Å²) < 4.78 is 10.3. The molecule has 0 unspecified atom stereocenters. The molecule has 0 amide bonds. The van der Waals surface area contributed by atoms with Gasteiger partial charge in [0, 0.05) is 11.1 Å². The van der Waals surface area contributed by atoms with Crippen molar-refractivity contribution < 1.29 is 14.4 Å². The number of benzene rings is 2. The molecule has 0 aliphatic carbocycles. The minimum atomic E-state index is 0.0330. The number of hydrogen-bond donors (Lipinski definition) is 1. The van der Waals surface area contributed by atoms with E-state index in [0.29, 0.717) is 23.0 Å². The molecule has 0 aliphatic heterocycles. The van der Waals surface area contributed by atoms with Gasteiger partial charge in [-0.25, -0.2) is 0 Å². The first-order valence-corrected chi connectivity index (χ1v) is 6.46. The average molecular weight is 282 g/mol. The van der Waals surface area contributed by atoms with Crippen LogP contribution in [0, 0.1) is 6.92 Å². The lowest BCUT2D eigenvalue weighted by Crippen LogP contribution is -1.86. The smallest absolute Gasteiger partial charge is 0.258 e. The summed E-state index contributed by atoms with van der Waals surface area (Å²) >= 11 is 0. The van der Waals surface area contributed by atoms with Gasteiger partial charge in [0.25, 0.3) is 5.89 Å². The molecule has 0 spiro atoms. The van der Waals surface area contributed by atoms with Crippen LogP contribution in [0.3, 0.4) is 0 Å². The molecule has 0 atom stereocenters. The Balaban J connectivity index is 1.99. The zero-order chi connectivity index (χ0) is 14.8. The molecule has 0 saturated heterocycles. The van der Waals surface area contributed by atoms with Crippen LogP contribution in [0.25, 0.3) is 22.8 Å². The normalized spacial score (nSPS) is 10.6. The number of aromatic hydroxyl groups is 1. The molecule has 5 nitrogen and oxygen atoms in total. The van der Waals surface area contributed by atoms with E-state index in [4.69, 9.17) is 9.26 Å². The summed E-state index contributed by atoms with van der Waals surface area (Å²) in [4.78, 5) is 4.38. The highest BCUT2D eigenvalue weighted by atomic mass is 16.5. The van der Waals surface area contributed by atoms with Crippen molar-refractivity contribution in [2.75, 3.05) is 7.11 Å². The summed E-state index contributed by atoms with van der Waals surface area (Å²) in [7, 11) is 1.50. The van der Waals surface area contributed by atoms with Crippen molar-refractivity contribution in [1.29, 1.82) is 0 Å². The Morgan fingerprint density at radius 1 is 1.14 bits per heavy atom. The standard InChI is InChI=1S/C16H14N2O3/c1-10-5-3-4-6-12(10)15-17-16(21-18-15)11-7-8-14(20-2)13(19)9-11/h3-9,19H,1-2H3. The van der Waals surface area contributed by atoms with Crippen LogP contribution in [-0.2, 0) is 0 Å². The van der Waals surface area contributed by atoms with Gasteiger partial charge in [0.1, 0.15) is 0 Å². The Labute approximate surface area is 121 Å². The number of phenolic OH excluding ortho intramolecular Hbond substituents is 1. The first kappa shape index (κ1) is 13.2. The monoisotopic (exact) mass is 282 g/mol. The minimum absolute atomic E-state index is 0.0330. The van der Waals surface area contributed by atoms with Crippen LogP contribution < -0.4 is 4.74 Å². The van der Waals surface area contributed by atoms with Crippen molar-refractivity contribution in [3.8, 4) is 34.3 Å². The van der Waals surface area contributed by atoms with Crippen LogP contribution in [0.15, 0.2) is 47.0 Å². The molecule has 0 bridgehead atoms. The zero-order valence-corrected chi connectivity index (χ0v) is 11.7. The molecule has 0 aliphatic rings. The van der Waals surface area contributed by atoms with Crippen LogP contribution in [0.4, 0.5) is 0 Å². The van der Waals surface area contributed by atoms with Crippen LogP contribution in [0.2, 0.25) is 0 Å². The Kier molecular flexibility index (Phi) is 3.31. The maximum atomic E-state index is 9.81. The van der Waals surface area contributed by atoms with E-state index in [1.54, 1.807) is 12.1 Å². The fourth-order valence-corrected chi connectivity index (χ4v) is 2.10. The number of methoxy groups -OCH3 is 1. The van der Waals surface area contributed by atoms with Gasteiger partial charge >= 0.3 is 0 Å². The molecule has 0 fully saturated rings. The lowest BCUT2D eigenvalue weighted by molar-refractivity contribution is 0.373. The predicted octanol–water partition coefficient (Wildman–Crippen LogP) is 3.43. The molecule has 3 rings (SSSR count). The third kappa shape index (κ3) is 2.45. The van der Waals surface area contributed by atoms with E-state index in [-0.39, 0.29) is 5.75 Å². The fourth-order valence-electron chi connectivity index (χ4n) is 2.10. The van der Waals surface area contributed by atoms with Crippen LogP contribution >= 0.6 is 0 Å². The third-order valence-electron chi connectivity index (χ3n) is 3.24. The summed E-state index contributed by atoms with van der Waals surface area (Å²) in [5.74, 6) is 1.31. The van der Waals surface area contributed by atoms with Crippen LogP contribution in [0.1, 0.15) is 5.56 Å². The largest absolute Gasteiger partial charge is 0.504 e. The van der Waals surface area contributed by atoms with Gasteiger partial charge in [-0.3, -0.25) is 0 Å². The van der Waals surface area contributed by atoms with Crippen molar-refractivity contribution in [2.24, 2.45) is 0 Å². The Hall–Kier alpha value is -2.82. The maximum absolute atomic E-state index is 9.81. The highest BCUT2D eigenvalue weighted by Crippen LogP contribution is 2.31. The van der Waals surface area contributed by atoms with Crippen LogP contribution in [0.5, 0.6) is 11.5 Å². The number of phenols is 1. The van der Waals surface area contributed by atoms with Crippen LogP contribution in [-0.4, -0.2) is 22.4 Å². The van der Waals surface area contributed by atoms with Crippen molar-refractivity contribution in [1.82, 2.24) is 10.1 Å². The van der Waals surface area contributed by atoms with Gasteiger partial charge in [-0.2, -0.15) is 4.98 Å². The summed E-state index contributed by atoms with van der Waals surface area (Å²) in [6.07, 6.45) is 0. The SMILES string of the molecule is COc1ccc(-c2nc(-c3ccccc3C)no2)cc1O. The lowest BCUT2D eigenvalue weighted by Gasteiger charge is -2.03. The van der Waals surface area contributed by atoms with Crippen molar-refractivity contribution in [3.05, 3.63) is 48.0 Å². The van der Waals surface area contributed by atoms with Crippen molar-refractivity contribution in [2.45, 2.75) is 6.92 Å². The molecule has 5 heteroatoms. The number of aromatic nitrogens is 2. The van der Waals surface area contributed by atoms with Crippen molar-refractivity contribution >= 4 is 0 Å². The average Bonchev–Trinajstić information content (AvgIpc) is 2.97. The Morgan fingerprint density at radius 3 is 2.67 bits per heavy atom. The van der Waals surface area contributed by atoms with E-state index in [1.807, 2.05) is 31.2 Å². The summed E-state index contributed by atoms with van der Waals surface area (Å²) in [5.41, 5.74) is 2.63. The molecule has 3 aromatic rings. The molecule has 2 aromatic carbocycles. The highest BCUT2D eigenvalue weighted by Gasteiger charge is 2.13. The van der Waals surface area contributed by atoms with Gasteiger partial charge in [-0.1, -0.05) is 29.4 Å². The zero-order valence-electron chi connectivity index (χ0n) is 11.7. The van der Waals surface area contributed by atoms with E-state index in [9.17, 15) is 5.11 Å². The van der Waals surface area contributed by atoms with E-state index >= 15 is 0 Å². The predicted molar refractivity (Wildman–Crippen MR) is 78.1 cm³/mol. The second kappa shape index (κ2) is 5.28. The molecular formula is C16H14N2O3. The second-order valence-electron chi connectivity index (χ2n) is 4.62. The molecule has 0 saturated carbocycles. The second-order valence-corrected chi connectivity index (χ2v) is 4.62. The number of rotatable bonds is 3. The van der Waals surface area contributed by atoms with Gasteiger partial charge in [0.15, 0.2) is 11.5 Å². The van der Waals surface area contributed by atoms with Gasteiger partial charge in [-0.05, 0) is 30.7 Å². The van der Waals surface area contributed by atoms with E-state index in [2.05, 4.69) is 10.1 Å². The quantitative estimate of drug-likeness (QED) is 0.797. The first-order valence-electron chi connectivity index (χ1n) is 6.46. The lowest BCUT2D eigenvalue weighted by atomic mass is 10.1. The molecule has 21 heavy (non-hydrogen) atoms. The Bertz CT molecular complexity index is 781. The third-order valence-corrected chi connectivity index (χ3v) is 3.24. The van der Waals surface area contributed by atoms with E-state index in [1.165, 1.54) is 13.2 Å². The van der Waals surface area contributed by atoms with Gasteiger partial charge < -0.3 is 14.4 Å². The number of hydrogen-bond acceptors (Lipinski definition) is 5.